The van der Waals surface area contributed by atoms with Crippen molar-refractivity contribution in [3.63, 3.8) is 0 Å². The lowest BCUT2D eigenvalue weighted by molar-refractivity contribution is 0.277. The maximum atomic E-state index is 8.92. The number of methoxy groups -OCH3 is 1. The first-order chi connectivity index (χ1) is 5.22. The summed E-state index contributed by atoms with van der Waals surface area (Å²) in [5, 5.41) is 8.92. The van der Waals surface area contributed by atoms with Crippen molar-refractivity contribution in [2.45, 2.75) is 6.92 Å². The molecule has 2 nitrogen and oxygen atoms in total. The maximum absolute atomic E-state index is 8.92. The molecule has 0 aliphatic carbocycles. The average Bonchev–Trinajstić information content (AvgIpc) is 1.97. The molecule has 1 rings (SSSR count). The topological polar surface area (TPSA) is 29.5 Å². The van der Waals surface area contributed by atoms with Gasteiger partial charge in [0.25, 0.3) is 0 Å². The Morgan fingerprint density at radius 2 is 1.64 bits per heavy atom. The minimum absolute atomic E-state index is 0.368. The molecule has 0 heterocycles. The van der Waals surface area contributed by atoms with Crippen LogP contribution in [0, 0.1) is 6.92 Å². The highest BCUT2D eigenvalue weighted by molar-refractivity contribution is 5.29. The number of aromatic hydroxyl groups is 1. The molecule has 0 saturated heterocycles. The van der Waals surface area contributed by atoms with Crippen LogP contribution < -0.4 is 0 Å². The van der Waals surface area contributed by atoms with Crippen LogP contribution >= 0.6 is 0 Å². The van der Waals surface area contributed by atoms with Crippen LogP contribution in [0.4, 0.5) is 0 Å². The average molecular weight is 154 g/mol. The molecule has 0 fully saturated rings. The van der Waals surface area contributed by atoms with E-state index in [-0.39, 0.29) is 0 Å². The van der Waals surface area contributed by atoms with E-state index in [1.165, 1.54) is 0 Å². The number of phenols is 1. The van der Waals surface area contributed by atoms with E-state index in [0.29, 0.717) is 5.75 Å². The van der Waals surface area contributed by atoms with Crippen LogP contribution in [0.1, 0.15) is 5.56 Å². The van der Waals surface area contributed by atoms with Crippen molar-refractivity contribution in [1.29, 1.82) is 0 Å². The summed E-state index contributed by atoms with van der Waals surface area (Å²) in [5.41, 5.74) is 0.924. The quantitative estimate of drug-likeness (QED) is 0.619. The van der Waals surface area contributed by atoms with Gasteiger partial charge in [0.2, 0.25) is 0 Å². The highest BCUT2D eigenvalue weighted by Gasteiger charge is 1.86. The van der Waals surface area contributed by atoms with Crippen LogP contribution in [0.2, 0.25) is 0 Å². The van der Waals surface area contributed by atoms with Crippen LogP contribution in [0.15, 0.2) is 24.3 Å². The monoisotopic (exact) mass is 154 g/mol. The summed E-state index contributed by atoms with van der Waals surface area (Å²) < 4.78 is 4.25. The molecule has 0 amide bonds. The van der Waals surface area contributed by atoms with E-state index in [4.69, 9.17) is 5.11 Å². The second-order valence-corrected chi connectivity index (χ2v) is 2.19. The van der Waals surface area contributed by atoms with Crippen LogP contribution in [0.5, 0.6) is 5.75 Å². The molecule has 0 aromatic heterocycles. The van der Waals surface area contributed by atoms with Gasteiger partial charge in [-0.1, -0.05) is 18.2 Å². The Labute approximate surface area is 67.4 Å². The fourth-order valence-corrected chi connectivity index (χ4v) is 0.563. The van der Waals surface area contributed by atoms with E-state index < -0.39 is 0 Å². The number of aryl methyl sites for hydroxylation is 1. The van der Waals surface area contributed by atoms with Crippen LogP contribution in [0.25, 0.3) is 0 Å². The highest BCUT2D eigenvalue weighted by atomic mass is 16.4. The van der Waals surface area contributed by atoms with Gasteiger partial charge in [0.05, 0.1) is 0 Å². The summed E-state index contributed by atoms with van der Waals surface area (Å²) in [6.07, 6.45) is 0. The van der Waals surface area contributed by atoms with Gasteiger partial charge in [-0.25, -0.2) is 0 Å². The Bertz CT molecular complexity index is 176. The van der Waals surface area contributed by atoms with Crippen molar-refractivity contribution in [3.05, 3.63) is 29.8 Å². The number of para-hydroxylation sites is 1. The summed E-state index contributed by atoms with van der Waals surface area (Å²) >= 11 is 0. The molecule has 1 N–H and O–H groups in total. The van der Waals surface area contributed by atoms with Crippen molar-refractivity contribution >= 4 is 0 Å². The Morgan fingerprint density at radius 1 is 1.18 bits per heavy atom. The predicted octanol–water partition coefficient (Wildman–Crippen LogP) is 1.96. The fraction of sp³-hybridized carbons (Fsp3) is 0.333. The van der Waals surface area contributed by atoms with Crippen molar-refractivity contribution < 1.29 is 9.84 Å². The third-order valence-electron chi connectivity index (χ3n) is 1.12. The third kappa shape index (κ3) is 4.39. The van der Waals surface area contributed by atoms with E-state index in [1.54, 1.807) is 20.3 Å². The van der Waals surface area contributed by atoms with E-state index in [1.807, 2.05) is 25.1 Å². The van der Waals surface area contributed by atoms with E-state index in [2.05, 4.69) is 4.74 Å². The zero-order valence-corrected chi connectivity index (χ0v) is 7.16. The van der Waals surface area contributed by atoms with Crippen molar-refractivity contribution in [3.8, 4) is 5.75 Å². The molecule has 0 atom stereocenters. The SMILES string of the molecule is COC.Cc1ccccc1O. The standard InChI is InChI=1S/C7H8O.C2H6O/c1-6-4-2-3-5-7(6)8;1-3-2/h2-5,8H,1H3;1-2H3. The first kappa shape index (κ1) is 9.98. The van der Waals surface area contributed by atoms with Gasteiger partial charge >= 0.3 is 0 Å². The van der Waals surface area contributed by atoms with Gasteiger partial charge in [-0.3, -0.25) is 0 Å². The summed E-state index contributed by atoms with van der Waals surface area (Å²) in [6.45, 7) is 1.87. The lowest BCUT2D eigenvalue weighted by atomic mass is 10.2. The number of ether oxygens (including phenoxy) is 1. The predicted molar refractivity (Wildman–Crippen MR) is 45.8 cm³/mol. The molecule has 62 valence electrons. The number of hydrogen-bond acceptors (Lipinski definition) is 2. The first-order valence-corrected chi connectivity index (χ1v) is 3.37. The molecular weight excluding hydrogens is 140 g/mol. The molecule has 2 heteroatoms. The molecule has 0 saturated carbocycles. The number of rotatable bonds is 0. The fourth-order valence-electron chi connectivity index (χ4n) is 0.563. The van der Waals surface area contributed by atoms with E-state index in [0.717, 1.165) is 5.56 Å². The molecule has 0 spiro atoms. The van der Waals surface area contributed by atoms with E-state index in [9.17, 15) is 0 Å². The lowest BCUT2D eigenvalue weighted by Gasteiger charge is -1.92. The van der Waals surface area contributed by atoms with Gasteiger partial charge in [-0.2, -0.15) is 0 Å². The Balaban J connectivity index is 0.000000292. The van der Waals surface area contributed by atoms with Crippen molar-refractivity contribution in [2.75, 3.05) is 14.2 Å². The Kier molecular flexibility index (Phi) is 5.21. The third-order valence-corrected chi connectivity index (χ3v) is 1.12. The molecule has 0 radical (unpaired) electrons. The zero-order chi connectivity index (χ0) is 8.69. The first-order valence-electron chi connectivity index (χ1n) is 3.37. The van der Waals surface area contributed by atoms with E-state index >= 15 is 0 Å². The number of phenolic OH excluding ortho intramolecular Hbond substituents is 1. The second kappa shape index (κ2) is 5.74. The van der Waals surface area contributed by atoms with Gasteiger partial charge in [0, 0.05) is 14.2 Å². The summed E-state index contributed by atoms with van der Waals surface area (Å²) in [6, 6.07) is 7.25. The molecule has 0 aliphatic heterocycles. The molecular formula is C9H14O2. The summed E-state index contributed by atoms with van der Waals surface area (Å²) in [4.78, 5) is 0. The Hall–Kier alpha value is -1.02. The van der Waals surface area contributed by atoms with Crippen molar-refractivity contribution in [1.82, 2.24) is 0 Å². The molecule has 1 aromatic carbocycles. The minimum atomic E-state index is 0.368. The molecule has 0 aliphatic rings. The zero-order valence-electron chi connectivity index (χ0n) is 7.16. The minimum Gasteiger partial charge on any atom is -0.508 e. The van der Waals surface area contributed by atoms with Gasteiger partial charge in [-0.05, 0) is 18.6 Å². The molecule has 11 heavy (non-hydrogen) atoms. The lowest BCUT2D eigenvalue weighted by Crippen LogP contribution is -1.68. The second-order valence-electron chi connectivity index (χ2n) is 2.19. The van der Waals surface area contributed by atoms with Gasteiger partial charge in [0.15, 0.2) is 0 Å². The number of hydrogen-bond donors (Lipinski definition) is 1. The molecule has 0 bridgehead atoms. The van der Waals surface area contributed by atoms with Crippen molar-refractivity contribution in [2.24, 2.45) is 0 Å². The highest BCUT2D eigenvalue weighted by Crippen LogP contribution is 2.12. The molecule has 1 aromatic rings. The largest absolute Gasteiger partial charge is 0.508 e. The van der Waals surface area contributed by atoms with Gasteiger partial charge < -0.3 is 9.84 Å². The normalized spacial score (nSPS) is 8.27. The van der Waals surface area contributed by atoms with Crippen LogP contribution in [-0.4, -0.2) is 19.3 Å². The van der Waals surface area contributed by atoms with Gasteiger partial charge in [-0.15, -0.1) is 0 Å². The maximum Gasteiger partial charge on any atom is 0.118 e. The Morgan fingerprint density at radius 3 is 1.91 bits per heavy atom. The van der Waals surface area contributed by atoms with Crippen LogP contribution in [-0.2, 0) is 4.74 Å². The molecule has 0 unspecified atom stereocenters. The smallest absolute Gasteiger partial charge is 0.118 e. The van der Waals surface area contributed by atoms with Crippen LogP contribution in [0.3, 0.4) is 0 Å². The van der Waals surface area contributed by atoms with Gasteiger partial charge in [0.1, 0.15) is 5.75 Å². The summed E-state index contributed by atoms with van der Waals surface area (Å²) in [7, 11) is 3.25. The number of benzene rings is 1. The summed E-state index contributed by atoms with van der Waals surface area (Å²) in [5.74, 6) is 0.368.